The van der Waals surface area contributed by atoms with Crippen LogP contribution in [0.1, 0.15) is 28.4 Å². The normalized spacial score (nSPS) is 30.6. The number of carbonyl (C=O) groups is 1. The van der Waals surface area contributed by atoms with Crippen LogP contribution in [0, 0.1) is 25.7 Å². The topological polar surface area (TPSA) is 73.3 Å². The van der Waals surface area contributed by atoms with Gasteiger partial charge >= 0.3 is 0 Å². The quantitative estimate of drug-likeness (QED) is 0.891. The first kappa shape index (κ1) is 14.4. The van der Waals surface area contributed by atoms with E-state index in [1.807, 2.05) is 6.92 Å². The Balaban J connectivity index is 1.71. The van der Waals surface area contributed by atoms with Crippen LogP contribution in [0.15, 0.2) is 6.07 Å². The SMILES string of the molecule is COC[C@H]1[C@@H](NC(=O)c2cc(C)nc(C)n2)[C@H]2CCO[C@H]21. The molecule has 1 aromatic heterocycles. The molecule has 4 atom stereocenters. The van der Waals surface area contributed by atoms with Crippen molar-refractivity contribution in [3.8, 4) is 0 Å². The molecule has 6 heteroatoms. The van der Waals surface area contributed by atoms with Crippen LogP contribution >= 0.6 is 0 Å². The van der Waals surface area contributed by atoms with Crippen LogP contribution in [-0.2, 0) is 9.47 Å². The van der Waals surface area contributed by atoms with E-state index in [0.29, 0.717) is 24.0 Å². The molecule has 1 N–H and O–H groups in total. The lowest BCUT2D eigenvalue weighted by Gasteiger charge is -2.47. The van der Waals surface area contributed by atoms with E-state index in [0.717, 1.165) is 18.7 Å². The summed E-state index contributed by atoms with van der Waals surface area (Å²) in [4.78, 5) is 20.8. The molecule has 0 radical (unpaired) electrons. The average molecular weight is 291 g/mol. The number of rotatable bonds is 4. The molecule has 1 aliphatic carbocycles. The van der Waals surface area contributed by atoms with Crippen LogP contribution in [-0.4, -0.2) is 48.3 Å². The van der Waals surface area contributed by atoms with Crippen molar-refractivity contribution in [2.45, 2.75) is 32.4 Å². The number of fused-ring (bicyclic) bond motifs is 1. The Morgan fingerprint density at radius 3 is 3.00 bits per heavy atom. The summed E-state index contributed by atoms with van der Waals surface area (Å²) in [5, 5.41) is 3.10. The highest BCUT2D eigenvalue weighted by Gasteiger charge is 2.54. The zero-order valence-corrected chi connectivity index (χ0v) is 12.6. The van der Waals surface area contributed by atoms with Gasteiger partial charge in [0.1, 0.15) is 11.5 Å². The lowest BCUT2D eigenvalue weighted by Crippen LogP contribution is -2.62. The summed E-state index contributed by atoms with van der Waals surface area (Å²) in [7, 11) is 1.68. The standard InChI is InChI=1S/C15H21N3O3/c1-8-6-12(17-9(2)16-8)15(19)18-13-10-4-5-21-14(10)11(13)7-20-3/h6,10-11,13-14H,4-5,7H2,1-3H3,(H,18,19)/t10-,11+,13+,14-/m1/s1. The van der Waals surface area contributed by atoms with Gasteiger partial charge < -0.3 is 14.8 Å². The molecule has 2 aliphatic rings. The lowest BCUT2D eigenvalue weighted by molar-refractivity contribution is -0.0810. The molecule has 3 rings (SSSR count). The molecule has 1 aromatic rings. The molecule has 1 saturated carbocycles. The van der Waals surface area contributed by atoms with Crippen LogP contribution in [0.4, 0.5) is 0 Å². The van der Waals surface area contributed by atoms with E-state index in [-0.39, 0.29) is 24.0 Å². The summed E-state index contributed by atoms with van der Waals surface area (Å²) in [6, 6.07) is 1.83. The summed E-state index contributed by atoms with van der Waals surface area (Å²) in [6.45, 7) is 5.03. The zero-order valence-electron chi connectivity index (χ0n) is 12.6. The third-order valence-electron chi connectivity index (χ3n) is 4.38. The molecule has 6 nitrogen and oxygen atoms in total. The number of nitrogens with zero attached hydrogens (tertiary/aromatic N) is 2. The van der Waals surface area contributed by atoms with Crippen LogP contribution in [0.25, 0.3) is 0 Å². The van der Waals surface area contributed by atoms with Gasteiger partial charge in [0.05, 0.1) is 12.7 Å². The molecule has 0 unspecified atom stereocenters. The second-order valence-electron chi connectivity index (χ2n) is 5.85. The van der Waals surface area contributed by atoms with Gasteiger partial charge in [0.25, 0.3) is 5.91 Å². The smallest absolute Gasteiger partial charge is 0.270 e. The van der Waals surface area contributed by atoms with E-state index < -0.39 is 0 Å². The summed E-state index contributed by atoms with van der Waals surface area (Å²) < 4.78 is 11.0. The van der Waals surface area contributed by atoms with Crippen molar-refractivity contribution in [2.75, 3.05) is 20.3 Å². The Bertz CT molecular complexity index is 529. The largest absolute Gasteiger partial charge is 0.384 e. The maximum absolute atomic E-state index is 12.4. The van der Waals surface area contributed by atoms with Gasteiger partial charge in [-0.25, -0.2) is 9.97 Å². The number of aromatic nitrogens is 2. The van der Waals surface area contributed by atoms with Gasteiger partial charge in [0, 0.05) is 37.3 Å². The molecular weight excluding hydrogens is 270 g/mol. The predicted octanol–water partition coefficient (Wildman–Crippen LogP) is 0.873. The predicted molar refractivity (Wildman–Crippen MR) is 76.0 cm³/mol. The van der Waals surface area contributed by atoms with Crippen molar-refractivity contribution in [2.24, 2.45) is 11.8 Å². The van der Waals surface area contributed by atoms with Crippen molar-refractivity contribution in [1.82, 2.24) is 15.3 Å². The van der Waals surface area contributed by atoms with E-state index >= 15 is 0 Å². The first-order valence-electron chi connectivity index (χ1n) is 7.34. The molecule has 2 fully saturated rings. The van der Waals surface area contributed by atoms with E-state index in [4.69, 9.17) is 9.47 Å². The highest BCUT2D eigenvalue weighted by molar-refractivity contribution is 5.92. The minimum Gasteiger partial charge on any atom is -0.384 e. The van der Waals surface area contributed by atoms with Gasteiger partial charge in [-0.1, -0.05) is 0 Å². The summed E-state index contributed by atoms with van der Waals surface area (Å²) in [5.74, 6) is 1.11. The number of hydrogen-bond donors (Lipinski definition) is 1. The average Bonchev–Trinajstić information content (AvgIpc) is 2.85. The number of methoxy groups -OCH3 is 1. The zero-order chi connectivity index (χ0) is 15.0. The second-order valence-corrected chi connectivity index (χ2v) is 5.85. The third kappa shape index (κ3) is 2.65. The molecule has 114 valence electrons. The van der Waals surface area contributed by atoms with Crippen molar-refractivity contribution in [3.05, 3.63) is 23.3 Å². The monoisotopic (exact) mass is 291 g/mol. The Morgan fingerprint density at radius 1 is 1.48 bits per heavy atom. The maximum atomic E-state index is 12.4. The number of amides is 1. The van der Waals surface area contributed by atoms with Crippen LogP contribution in [0.5, 0.6) is 0 Å². The number of ether oxygens (including phenoxy) is 2. The van der Waals surface area contributed by atoms with Crippen molar-refractivity contribution in [1.29, 1.82) is 0 Å². The van der Waals surface area contributed by atoms with Crippen LogP contribution in [0.3, 0.4) is 0 Å². The van der Waals surface area contributed by atoms with Crippen molar-refractivity contribution >= 4 is 5.91 Å². The Kier molecular flexibility index (Phi) is 3.91. The second kappa shape index (κ2) is 5.69. The van der Waals surface area contributed by atoms with Gasteiger partial charge in [-0.2, -0.15) is 0 Å². The third-order valence-corrected chi connectivity index (χ3v) is 4.38. The number of nitrogens with one attached hydrogen (secondary N) is 1. The van der Waals surface area contributed by atoms with Gasteiger partial charge in [0.15, 0.2) is 0 Å². The number of carbonyl (C=O) groups excluding carboxylic acids is 1. The Hall–Kier alpha value is -1.53. The molecule has 2 heterocycles. The van der Waals surface area contributed by atoms with Gasteiger partial charge in [-0.3, -0.25) is 4.79 Å². The first-order valence-corrected chi connectivity index (χ1v) is 7.34. The van der Waals surface area contributed by atoms with Crippen LogP contribution < -0.4 is 5.32 Å². The number of aryl methyl sites for hydroxylation is 2. The number of hydrogen-bond acceptors (Lipinski definition) is 5. The van der Waals surface area contributed by atoms with Gasteiger partial charge in [-0.05, 0) is 26.3 Å². The summed E-state index contributed by atoms with van der Waals surface area (Å²) in [6.07, 6.45) is 1.22. The fraction of sp³-hybridized carbons (Fsp3) is 0.667. The highest BCUT2D eigenvalue weighted by Crippen LogP contribution is 2.43. The molecule has 0 spiro atoms. The van der Waals surface area contributed by atoms with E-state index in [9.17, 15) is 4.79 Å². The van der Waals surface area contributed by atoms with Crippen molar-refractivity contribution < 1.29 is 14.3 Å². The summed E-state index contributed by atoms with van der Waals surface area (Å²) in [5.41, 5.74) is 1.23. The fourth-order valence-corrected chi connectivity index (χ4v) is 3.49. The van der Waals surface area contributed by atoms with E-state index in [1.165, 1.54) is 0 Å². The minimum absolute atomic E-state index is 0.112. The molecule has 0 aromatic carbocycles. The molecule has 1 saturated heterocycles. The molecule has 0 bridgehead atoms. The van der Waals surface area contributed by atoms with Gasteiger partial charge in [0.2, 0.25) is 0 Å². The van der Waals surface area contributed by atoms with E-state index in [2.05, 4.69) is 15.3 Å². The minimum atomic E-state index is -0.139. The first-order chi connectivity index (χ1) is 10.1. The van der Waals surface area contributed by atoms with E-state index in [1.54, 1.807) is 20.1 Å². The molecule has 1 aliphatic heterocycles. The molecular formula is C15H21N3O3. The maximum Gasteiger partial charge on any atom is 0.270 e. The summed E-state index contributed by atoms with van der Waals surface area (Å²) >= 11 is 0. The highest BCUT2D eigenvalue weighted by atomic mass is 16.5. The lowest BCUT2D eigenvalue weighted by atomic mass is 9.67. The fourth-order valence-electron chi connectivity index (χ4n) is 3.49. The Morgan fingerprint density at radius 2 is 2.29 bits per heavy atom. The molecule has 21 heavy (non-hydrogen) atoms. The van der Waals surface area contributed by atoms with Crippen LogP contribution in [0.2, 0.25) is 0 Å². The van der Waals surface area contributed by atoms with Crippen molar-refractivity contribution in [3.63, 3.8) is 0 Å². The Labute approximate surface area is 124 Å². The molecule has 1 amide bonds. The van der Waals surface area contributed by atoms with Gasteiger partial charge in [-0.15, -0.1) is 0 Å².